The van der Waals surface area contributed by atoms with Crippen LogP contribution in [-0.2, 0) is 6.61 Å². The fourth-order valence-corrected chi connectivity index (χ4v) is 2.37. The Kier molecular flexibility index (Phi) is 4.87. The molecule has 0 radical (unpaired) electrons. The highest BCUT2D eigenvalue weighted by Gasteiger charge is 2.08. The zero-order chi connectivity index (χ0) is 14.7. The zero-order valence-electron chi connectivity index (χ0n) is 9.96. The number of benzene rings is 2. The first-order valence-electron chi connectivity index (χ1n) is 5.47. The summed E-state index contributed by atoms with van der Waals surface area (Å²) in [5.41, 5.74) is 0.643. The zero-order valence-corrected chi connectivity index (χ0v) is 13.1. The molecule has 0 fully saturated rings. The van der Waals surface area contributed by atoms with E-state index in [1.165, 1.54) is 12.1 Å². The SMILES string of the molecule is N#Cc1cc(COc2cc(Cl)c(Br)cc2Cl)ccc1F. The van der Waals surface area contributed by atoms with Gasteiger partial charge >= 0.3 is 0 Å². The van der Waals surface area contributed by atoms with E-state index in [2.05, 4.69) is 15.9 Å². The topological polar surface area (TPSA) is 33.0 Å². The highest BCUT2D eigenvalue weighted by atomic mass is 79.9. The fraction of sp³-hybridized carbons (Fsp3) is 0.0714. The number of ether oxygens (including phenoxy) is 1. The number of hydrogen-bond acceptors (Lipinski definition) is 2. The summed E-state index contributed by atoms with van der Waals surface area (Å²) in [6, 6.07) is 9.20. The smallest absolute Gasteiger partial charge is 0.140 e. The molecule has 0 aliphatic rings. The summed E-state index contributed by atoms with van der Waals surface area (Å²) in [6.07, 6.45) is 0. The third-order valence-corrected chi connectivity index (χ3v) is 4.01. The molecule has 0 aromatic heterocycles. The van der Waals surface area contributed by atoms with Gasteiger partial charge in [0.2, 0.25) is 0 Å². The first-order chi connectivity index (χ1) is 9.51. The van der Waals surface area contributed by atoms with Crippen molar-refractivity contribution in [2.24, 2.45) is 0 Å². The van der Waals surface area contributed by atoms with Crippen LogP contribution in [0.5, 0.6) is 5.75 Å². The second-order valence-electron chi connectivity index (χ2n) is 3.91. The molecule has 0 bridgehead atoms. The third kappa shape index (κ3) is 3.43. The number of halogens is 4. The van der Waals surface area contributed by atoms with Crippen LogP contribution in [0.15, 0.2) is 34.8 Å². The van der Waals surface area contributed by atoms with Crippen LogP contribution in [0.3, 0.4) is 0 Å². The van der Waals surface area contributed by atoms with Crippen molar-refractivity contribution in [1.29, 1.82) is 5.26 Å². The molecule has 0 N–H and O–H groups in total. The second kappa shape index (κ2) is 6.45. The highest BCUT2D eigenvalue weighted by molar-refractivity contribution is 9.10. The van der Waals surface area contributed by atoms with Crippen LogP contribution in [0, 0.1) is 17.1 Å². The molecule has 102 valence electrons. The Morgan fingerprint density at radius 1 is 1.20 bits per heavy atom. The highest BCUT2D eigenvalue weighted by Crippen LogP contribution is 2.34. The van der Waals surface area contributed by atoms with Gasteiger partial charge in [0.1, 0.15) is 24.2 Å². The standard InChI is InChI=1S/C14H7BrCl2FNO/c15-10-4-12(17)14(5-11(10)16)20-7-8-1-2-13(18)9(3-8)6-19/h1-5H,7H2. The van der Waals surface area contributed by atoms with Gasteiger partial charge in [-0.2, -0.15) is 5.26 Å². The normalized spacial score (nSPS) is 10.2. The predicted octanol–water partition coefficient (Wildman–Crippen LogP) is 5.35. The molecule has 2 nitrogen and oxygen atoms in total. The van der Waals surface area contributed by atoms with Crippen LogP contribution < -0.4 is 4.74 Å². The van der Waals surface area contributed by atoms with E-state index in [1.807, 2.05) is 0 Å². The van der Waals surface area contributed by atoms with E-state index < -0.39 is 5.82 Å². The quantitative estimate of drug-likeness (QED) is 0.678. The van der Waals surface area contributed by atoms with Gasteiger partial charge in [-0.05, 0) is 39.7 Å². The average Bonchev–Trinajstić information content (AvgIpc) is 2.43. The van der Waals surface area contributed by atoms with Crippen molar-refractivity contribution in [3.05, 3.63) is 61.8 Å². The molecule has 0 atom stereocenters. The Hall–Kier alpha value is -1.28. The molecule has 6 heteroatoms. The van der Waals surface area contributed by atoms with Crippen molar-refractivity contribution < 1.29 is 9.13 Å². The lowest BCUT2D eigenvalue weighted by Gasteiger charge is -2.10. The first-order valence-corrected chi connectivity index (χ1v) is 7.02. The summed E-state index contributed by atoms with van der Waals surface area (Å²) in [5.74, 6) is -0.135. The van der Waals surface area contributed by atoms with Crippen molar-refractivity contribution in [2.75, 3.05) is 0 Å². The Labute approximate surface area is 133 Å². The predicted molar refractivity (Wildman–Crippen MR) is 79.6 cm³/mol. The van der Waals surface area contributed by atoms with E-state index in [-0.39, 0.29) is 12.2 Å². The van der Waals surface area contributed by atoms with Gasteiger partial charge in [0.15, 0.2) is 0 Å². The Morgan fingerprint density at radius 3 is 2.65 bits per heavy atom. The molecule has 0 aliphatic carbocycles. The largest absolute Gasteiger partial charge is 0.487 e. The van der Waals surface area contributed by atoms with Crippen LogP contribution in [0.25, 0.3) is 0 Å². The van der Waals surface area contributed by atoms with Gasteiger partial charge in [0, 0.05) is 10.5 Å². The molecule has 2 rings (SSSR count). The maximum Gasteiger partial charge on any atom is 0.140 e. The first kappa shape index (κ1) is 15.1. The number of rotatable bonds is 3. The Morgan fingerprint density at radius 2 is 1.95 bits per heavy atom. The molecule has 0 amide bonds. The summed E-state index contributed by atoms with van der Waals surface area (Å²) in [5, 5.41) is 9.64. The van der Waals surface area contributed by atoms with Crippen molar-refractivity contribution in [2.45, 2.75) is 6.61 Å². The van der Waals surface area contributed by atoms with Gasteiger partial charge in [0.05, 0.1) is 15.6 Å². The average molecular weight is 375 g/mol. The Balaban J connectivity index is 2.17. The lowest BCUT2D eigenvalue weighted by molar-refractivity contribution is 0.306. The van der Waals surface area contributed by atoms with Gasteiger partial charge in [-0.3, -0.25) is 0 Å². The van der Waals surface area contributed by atoms with Gasteiger partial charge < -0.3 is 4.74 Å². The minimum Gasteiger partial charge on any atom is -0.487 e. The lowest BCUT2D eigenvalue weighted by atomic mass is 10.1. The molecule has 20 heavy (non-hydrogen) atoms. The molecule has 0 saturated carbocycles. The minimum atomic E-state index is -0.555. The van der Waals surface area contributed by atoms with Crippen molar-refractivity contribution >= 4 is 39.1 Å². The van der Waals surface area contributed by atoms with E-state index in [9.17, 15) is 4.39 Å². The van der Waals surface area contributed by atoms with Crippen LogP contribution in [0.2, 0.25) is 10.0 Å². The van der Waals surface area contributed by atoms with Gasteiger partial charge in [-0.1, -0.05) is 29.3 Å². The van der Waals surface area contributed by atoms with Crippen LogP contribution in [-0.4, -0.2) is 0 Å². The molecule has 0 heterocycles. The van der Waals surface area contributed by atoms with E-state index in [0.717, 1.165) is 0 Å². The number of nitrogens with zero attached hydrogens (tertiary/aromatic N) is 1. The molecule has 2 aromatic rings. The van der Waals surface area contributed by atoms with Crippen LogP contribution >= 0.6 is 39.1 Å². The van der Waals surface area contributed by atoms with Gasteiger partial charge in [-0.15, -0.1) is 0 Å². The molecule has 0 saturated heterocycles. The van der Waals surface area contributed by atoms with Crippen LogP contribution in [0.1, 0.15) is 11.1 Å². The van der Waals surface area contributed by atoms with Crippen LogP contribution in [0.4, 0.5) is 4.39 Å². The van der Waals surface area contributed by atoms with Crippen molar-refractivity contribution in [3.63, 3.8) is 0 Å². The summed E-state index contributed by atoms with van der Waals surface area (Å²) in [7, 11) is 0. The molecular formula is C14H7BrCl2FNO. The molecule has 0 unspecified atom stereocenters. The summed E-state index contributed by atoms with van der Waals surface area (Å²) < 4.78 is 19.4. The molecule has 0 aliphatic heterocycles. The fourth-order valence-electron chi connectivity index (χ4n) is 1.52. The summed E-state index contributed by atoms with van der Waals surface area (Å²) >= 11 is 15.2. The maximum absolute atomic E-state index is 13.2. The molecule has 2 aromatic carbocycles. The number of nitriles is 1. The maximum atomic E-state index is 13.2. The summed E-state index contributed by atoms with van der Waals surface area (Å²) in [6.45, 7) is 0.159. The molecular weight excluding hydrogens is 368 g/mol. The van der Waals surface area contributed by atoms with E-state index in [0.29, 0.717) is 25.8 Å². The molecule has 0 spiro atoms. The van der Waals surface area contributed by atoms with Gasteiger partial charge in [-0.25, -0.2) is 4.39 Å². The second-order valence-corrected chi connectivity index (χ2v) is 5.58. The number of hydrogen-bond donors (Lipinski definition) is 0. The lowest BCUT2D eigenvalue weighted by Crippen LogP contribution is -1.97. The van der Waals surface area contributed by atoms with Crippen molar-refractivity contribution in [3.8, 4) is 11.8 Å². The van der Waals surface area contributed by atoms with E-state index in [1.54, 1.807) is 24.3 Å². The third-order valence-electron chi connectivity index (χ3n) is 2.52. The van der Waals surface area contributed by atoms with E-state index >= 15 is 0 Å². The summed E-state index contributed by atoms with van der Waals surface area (Å²) in [4.78, 5) is 0. The monoisotopic (exact) mass is 373 g/mol. The van der Waals surface area contributed by atoms with Crippen molar-refractivity contribution in [1.82, 2.24) is 0 Å². The van der Waals surface area contributed by atoms with E-state index in [4.69, 9.17) is 33.2 Å². The minimum absolute atomic E-state index is 0.0222. The Bertz CT molecular complexity index is 700. The van der Waals surface area contributed by atoms with Gasteiger partial charge in [0.25, 0.3) is 0 Å².